The van der Waals surface area contributed by atoms with Gasteiger partial charge in [0.05, 0.1) is 16.5 Å². The lowest BCUT2D eigenvalue weighted by Crippen LogP contribution is -2.30. The molecular weight excluding hydrogens is 390 g/mol. The quantitative estimate of drug-likeness (QED) is 0.539. The molecule has 1 heterocycles. The number of rotatable bonds is 6. The van der Waals surface area contributed by atoms with Gasteiger partial charge in [-0.2, -0.15) is 9.57 Å². The summed E-state index contributed by atoms with van der Waals surface area (Å²) in [5.74, 6) is -0.603. The van der Waals surface area contributed by atoms with Crippen LogP contribution in [-0.4, -0.2) is 37.7 Å². The first-order valence-electron chi connectivity index (χ1n) is 9.02. The molecule has 0 N–H and O–H groups in total. The summed E-state index contributed by atoms with van der Waals surface area (Å²) in [6.45, 7) is 4.25. The van der Waals surface area contributed by atoms with Gasteiger partial charge in [-0.05, 0) is 42.0 Å². The minimum absolute atomic E-state index is 0.0364. The lowest BCUT2D eigenvalue weighted by molar-refractivity contribution is -0.129. The number of hydrogen-bond acceptors (Lipinski definition) is 6. The number of carbonyl (C=O) groups excluding carboxylic acids is 1. The molecule has 148 valence electrons. The first-order chi connectivity index (χ1) is 13.9. The van der Waals surface area contributed by atoms with Gasteiger partial charge < -0.3 is 4.74 Å². The van der Waals surface area contributed by atoms with E-state index in [2.05, 4.69) is 4.99 Å². The monoisotopic (exact) mass is 409 g/mol. The van der Waals surface area contributed by atoms with Crippen molar-refractivity contribution < 1.29 is 17.9 Å². The van der Waals surface area contributed by atoms with E-state index in [0.29, 0.717) is 29.8 Å². The largest absolute Gasteiger partial charge is 0.402 e. The maximum atomic E-state index is 12.7. The lowest BCUT2D eigenvalue weighted by Gasteiger charge is -2.18. The van der Waals surface area contributed by atoms with Crippen LogP contribution in [0, 0.1) is 11.3 Å². The number of nitrogens with zero attached hydrogens (tertiary/aromatic N) is 3. The Balaban J connectivity index is 1.96. The molecule has 1 aliphatic heterocycles. The normalized spacial score (nSPS) is 15.3. The molecule has 7 nitrogen and oxygen atoms in total. The number of benzene rings is 2. The Morgan fingerprint density at radius 1 is 1.14 bits per heavy atom. The highest BCUT2D eigenvalue weighted by Crippen LogP contribution is 2.22. The highest BCUT2D eigenvalue weighted by molar-refractivity contribution is 7.89. The van der Waals surface area contributed by atoms with Crippen molar-refractivity contribution in [2.75, 3.05) is 13.1 Å². The summed E-state index contributed by atoms with van der Waals surface area (Å²) in [4.78, 5) is 16.5. The zero-order valence-corrected chi connectivity index (χ0v) is 16.8. The van der Waals surface area contributed by atoms with Gasteiger partial charge in [0.2, 0.25) is 15.9 Å². The van der Waals surface area contributed by atoms with Crippen LogP contribution in [0.1, 0.15) is 30.5 Å². The molecule has 0 bridgehead atoms. The topological polar surface area (TPSA) is 99.8 Å². The molecule has 3 rings (SSSR count). The second kappa shape index (κ2) is 8.39. The van der Waals surface area contributed by atoms with Crippen molar-refractivity contribution in [1.82, 2.24) is 4.31 Å². The third kappa shape index (κ3) is 4.26. The number of ether oxygens (including phenoxy) is 1. The van der Waals surface area contributed by atoms with Gasteiger partial charge in [-0.15, -0.1) is 0 Å². The Bertz CT molecular complexity index is 1160. The van der Waals surface area contributed by atoms with Gasteiger partial charge in [-0.25, -0.2) is 18.2 Å². The first kappa shape index (κ1) is 20.5. The molecule has 0 aromatic heterocycles. The fourth-order valence-corrected chi connectivity index (χ4v) is 4.40. The minimum atomic E-state index is -3.64. The van der Waals surface area contributed by atoms with Crippen molar-refractivity contribution in [2.24, 2.45) is 4.99 Å². The molecule has 0 radical (unpaired) electrons. The third-order valence-electron chi connectivity index (χ3n) is 4.36. The average Bonchev–Trinajstić information content (AvgIpc) is 3.09. The van der Waals surface area contributed by atoms with E-state index >= 15 is 0 Å². The third-order valence-corrected chi connectivity index (χ3v) is 6.41. The molecule has 0 unspecified atom stereocenters. The Labute approximate surface area is 169 Å². The zero-order chi connectivity index (χ0) is 21.0. The molecular formula is C21H19N3O4S. The standard InChI is InChI=1S/C21H19N3O4S/c1-3-24(4-2)29(26,27)18-10-6-9-17(13-18)20-23-19(21(25)28-20)12-15-7-5-8-16(11-15)14-22/h5-13H,3-4H2,1-2H3/b19-12+. The molecule has 0 fully saturated rings. The van der Waals surface area contributed by atoms with E-state index in [9.17, 15) is 13.2 Å². The second-order valence-electron chi connectivity index (χ2n) is 6.19. The van der Waals surface area contributed by atoms with E-state index in [4.69, 9.17) is 10.00 Å². The Morgan fingerprint density at radius 2 is 1.86 bits per heavy atom. The molecule has 0 saturated carbocycles. The predicted octanol–water partition coefficient (Wildman–Crippen LogP) is 2.93. The number of sulfonamides is 1. The maximum Gasteiger partial charge on any atom is 0.363 e. The van der Waals surface area contributed by atoms with Gasteiger partial charge in [-0.1, -0.05) is 32.0 Å². The number of cyclic esters (lactones) is 1. The number of esters is 1. The smallest absolute Gasteiger partial charge is 0.363 e. The molecule has 0 aliphatic carbocycles. The van der Waals surface area contributed by atoms with E-state index in [1.807, 2.05) is 6.07 Å². The van der Waals surface area contributed by atoms with E-state index in [1.54, 1.807) is 50.2 Å². The van der Waals surface area contributed by atoms with E-state index in [-0.39, 0.29) is 16.5 Å². The number of hydrogen-bond donors (Lipinski definition) is 0. The molecule has 1 aliphatic rings. The molecule has 0 amide bonds. The van der Waals surface area contributed by atoms with Crippen LogP contribution in [0.3, 0.4) is 0 Å². The molecule has 29 heavy (non-hydrogen) atoms. The van der Waals surface area contributed by atoms with Crippen LogP contribution in [0.2, 0.25) is 0 Å². The minimum Gasteiger partial charge on any atom is -0.402 e. The Hall–Kier alpha value is -3.28. The van der Waals surface area contributed by atoms with Gasteiger partial charge in [0.15, 0.2) is 5.70 Å². The molecule has 2 aromatic carbocycles. The van der Waals surface area contributed by atoms with Crippen molar-refractivity contribution >= 4 is 28.0 Å². The van der Waals surface area contributed by atoms with Gasteiger partial charge >= 0.3 is 5.97 Å². The highest BCUT2D eigenvalue weighted by Gasteiger charge is 2.27. The number of aliphatic imine (C=N–C) groups is 1. The van der Waals surface area contributed by atoms with Gasteiger partial charge in [0.25, 0.3) is 0 Å². The molecule has 2 aromatic rings. The predicted molar refractivity (Wildman–Crippen MR) is 108 cm³/mol. The van der Waals surface area contributed by atoms with Crippen molar-refractivity contribution in [3.63, 3.8) is 0 Å². The van der Waals surface area contributed by atoms with Crippen LogP contribution < -0.4 is 0 Å². The summed E-state index contributed by atoms with van der Waals surface area (Å²) in [6.07, 6.45) is 1.52. The summed E-state index contributed by atoms with van der Waals surface area (Å²) < 4.78 is 32.1. The molecule has 0 atom stereocenters. The highest BCUT2D eigenvalue weighted by atomic mass is 32.2. The Kier molecular flexibility index (Phi) is 5.92. The van der Waals surface area contributed by atoms with E-state index < -0.39 is 16.0 Å². The van der Waals surface area contributed by atoms with Crippen LogP contribution in [0.5, 0.6) is 0 Å². The van der Waals surface area contributed by atoms with Crippen LogP contribution >= 0.6 is 0 Å². The maximum absolute atomic E-state index is 12.7. The van der Waals surface area contributed by atoms with E-state index in [0.717, 1.165) is 0 Å². The number of nitriles is 1. The Morgan fingerprint density at radius 3 is 2.55 bits per heavy atom. The van der Waals surface area contributed by atoms with Crippen LogP contribution in [0.25, 0.3) is 6.08 Å². The summed E-state index contributed by atoms with van der Waals surface area (Å²) >= 11 is 0. The molecule has 0 spiro atoms. The van der Waals surface area contributed by atoms with Crippen molar-refractivity contribution in [3.8, 4) is 6.07 Å². The van der Waals surface area contributed by atoms with Crippen LogP contribution in [0.4, 0.5) is 0 Å². The first-order valence-corrected chi connectivity index (χ1v) is 10.5. The second-order valence-corrected chi connectivity index (χ2v) is 8.13. The van der Waals surface area contributed by atoms with Crippen LogP contribution in [-0.2, 0) is 19.6 Å². The summed E-state index contributed by atoms with van der Waals surface area (Å²) in [5.41, 5.74) is 1.57. The zero-order valence-electron chi connectivity index (χ0n) is 16.0. The van der Waals surface area contributed by atoms with Gasteiger partial charge in [0.1, 0.15) is 0 Å². The van der Waals surface area contributed by atoms with Crippen LogP contribution in [0.15, 0.2) is 64.1 Å². The fraction of sp³-hybridized carbons (Fsp3) is 0.190. The van der Waals surface area contributed by atoms with Crippen molar-refractivity contribution in [2.45, 2.75) is 18.7 Å². The van der Waals surface area contributed by atoms with E-state index in [1.165, 1.54) is 22.5 Å². The molecule has 8 heteroatoms. The SMILES string of the molecule is CCN(CC)S(=O)(=O)c1cccc(C2=N/C(=C/c3cccc(C#N)c3)C(=O)O2)c1. The number of carbonyl (C=O) groups is 1. The van der Waals surface area contributed by atoms with Crippen molar-refractivity contribution in [1.29, 1.82) is 5.26 Å². The summed E-state index contributed by atoms with van der Waals surface area (Å²) in [6, 6.07) is 14.9. The van der Waals surface area contributed by atoms with Gasteiger partial charge in [-0.3, -0.25) is 0 Å². The summed E-state index contributed by atoms with van der Waals surface area (Å²) in [7, 11) is -3.64. The summed E-state index contributed by atoms with van der Waals surface area (Å²) in [5, 5.41) is 8.99. The molecule has 0 saturated heterocycles. The van der Waals surface area contributed by atoms with Gasteiger partial charge in [0, 0.05) is 18.7 Å². The van der Waals surface area contributed by atoms with Crippen molar-refractivity contribution in [3.05, 3.63) is 70.9 Å². The lowest BCUT2D eigenvalue weighted by atomic mass is 10.1. The fourth-order valence-electron chi connectivity index (χ4n) is 2.89. The average molecular weight is 409 g/mol.